The number of rotatable bonds is 6. The molecule has 27 heavy (non-hydrogen) atoms. The Kier molecular flexibility index (Phi) is 5.38. The van der Waals surface area contributed by atoms with E-state index in [4.69, 9.17) is 0 Å². The lowest BCUT2D eigenvalue weighted by Crippen LogP contribution is -2.30. The molecule has 1 heterocycles. The molecule has 1 aromatic heterocycles. The Morgan fingerprint density at radius 1 is 1.04 bits per heavy atom. The van der Waals surface area contributed by atoms with Crippen molar-refractivity contribution in [3.05, 3.63) is 72.6 Å². The summed E-state index contributed by atoms with van der Waals surface area (Å²) in [6, 6.07) is 14.7. The number of benzene rings is 2. The van der Waals surface area contributed by atoms with E-state index in [9.17, 15) is 13.2 Å². The summed E-state index contributed by atoms with van der Waals surface area (Å²) in [6.07, 6.45) is 3.44. The van der Waals surface area contributed by atoms with E-state index in [-0.39, 0.29) is 16.8 Å². The van der Waals surface area contributed by atoms with Crippen LogP contribution < -0.4 is 10.0 Å². The van der Waals surface area contributed by atoms with Crippen molar-refractivity contribution in [2.45, 2.75) is 24.8 Å². The van der Waals surface area contributed by atoms with Gasteiger partial charge in [0.05, 0.1) is 16.3 Å². The first-order valence-corrected chi connectivity index (χ1v) is 9.88. The molecule has 0 atom stereocenters. The number of hydrogen-bond acceptors (Lipinski definition) is 4. The number of para-hydroxylation sites is 2. The van der Waals surface area contributed by atoms with Crippen molar-refractivity contribution in [1.82, 2.24) is 14.5 Å². The average molecular weight is 384 g/mol. The molecule has 3 aromatic rings. The third kappa shape index (κ3) is 4.42. The maximum atomic E-state index is 12.6. The van der Waals surface area contributed by atoms with Crippen LogP contribution in [-0.2, 0) is 10.0 Å². The Bertz CT molecular complexity index is 1030. The number of nitrogens with one attached hydrogen (secondary N) is 2. The SMILES string of the molecule is CC(C)NS(=O)(=O)c1ccc(C(=O)Nc2ccccc2-n2cccn2)cc1. The Morgan fingerprint density at radius 2 is 1.74 bits per heavy atom. The molecular weight excluding hydrogens is 364 g/mol. The lowest BCUT2D eigenvalue weighted by molar-refractivity contribution is 0.102. The largest absolute Gasteiger partial charge is 0.320 e. The fraction of sp³-hybridized carbons (Fsp3) is 0.158. The van der Waals surface area contributed by atoms with Crippen LogP contribution in [0, 0.1) is 0 Å². The summed E-state index contributed by atoms with van der Waals surface area (Å²) in [5.74, 6) is -0.338. The first-order valence-electron chi connectivity index (χ1n) is 8.39. The van der Waals surface area contributed by atoms with Crippen LogP contribution in [0.2, 0.25) is 0 Å². The van der Waals surface area contributed by atoms with Crippen molar-refractivity contribution in [2.24, 2.45) is 0 Å². The maximum Gasteiger partial charge on any atom is 0.255 e. The third-order valence-electron chi connectivity index (χ3n) is 3.72. The number of nitrogens with zero attached hydrogens (tertiary/aromatic N) is 2. The smallest absolute Gasteiger partial charge is 0.255 e. The standard InChI is InChI=1S/C19H20N4O3S/c1-14(2)22-27(25,26)16-10-8-15(9-11-16)19(24)21-17-6-3-4-7-18(17)23-13-5-12-20-23/h3-14,22H,1-2H3,(H,21,24). The minimum atomic E-state index is -3.59. The molecule has 0 aliphatic heterocycles. The van der Waals surface area contributed by atoms with E-state index in [0.717, 1.165) is 5.69 Å². The second-order valence-corrected chi connectivity index (χ2v) is 7.94. The van der Waals surface area contributed by atoms with E-state index >= 15 is 0 Å². The molecule has 140 valence electrons. The zero-order valence-electron chi connectivity index (χ0n) is 15.0. The molecule has 0 aliphatic carbocycles. The molecule has 0 saturated heterocycles. The fourth-order valence-electron chi connectivity index (χ4n) is 2.55. The van der Waals surface area contributed by atoms with E-state index in [1.807, 2.05) is 18.2 Å². The van der Waals surface area contributed by atoms with Crippen LogP contribution in [0.3, 0.4) is 0 Å². The lowest BCUT2D eigenvalue weighted by Gasteiger charge is -2.12. The van der Waals surface area contributed by atoms with Crippen LogP contribution in [0.25, 0.3) is 5.69 Å². The predicted octanol–water partition coefficient (Wildman–Crippen LogP) is 2.81. The third-order valence-corrected chi connectivity index (χ3v) is 5.40. The molecule has 2 N–H and O–H groups in total. The molecule has 0 spiro atoms. The monoisotopic (exact) mass is 384 g/mol. The van der Waals surface area contributed by atoms with Gasteiger partial charge in [0, 0.05) is 24.0 Å². The van der Waals surface area contributed by atoms with E-state index in [1.54, 1.807) is 43.1 Å². The molecular formula is C19H20N4O3S. The van der Waals surface area contributed by atoms with Gasteiger partial charge in [-0.15, -0.1) is 0 Å². The van der Waals surface area contributed by atoms with Crippen LogP contribution in [0.15, 0.2) is 71.9 Å². The number of sulfonamides is 1. The van der Waals surface area contributed by atoms with Crippen LogP contribution >= 0.6 is 0 Å². The van der Waals surface area contributed by atoms with Crippen LogP contribution in [0.5, 0.6) is 0 Å². The Labute approximate surface area is 158 Å². The molecule has 0 fully saturated rings. The molecule has 1 amide bonds. The summed E-state index contributed by atoms with van der Waals surface area (Å²) in [4.78, 5) is 12.7. The Balaban J connectivity index is 1.80. The second kappa shape index (κ2) is 7.73. The van der Waals surface area contributed by atoms with E-state index in [0.29, 0.717) is 11.3 Å². The van der Waals surface area contributed by atoms with Gasteiger partial charge < -0.3 is 5.32 Å². The number of aromatic nitrogens is 2. The summed E-state index contributed by atoms with van der Waals surface area (Å²) in [6.45, 7) is 3.49. The van der Waals surface area contributed by atoms with Gasteiger partial charge in [-0.25, -0.2) is 17.8 Å². The molecule has 8 heteroatoms. The van der Waals surface area contributed by atoms with Gasteiger partial charge in [-0.1, -0.05) is 12.1 Å². The molecule has 0 saturated carbocycles. The predicted molar refractivity (Wildman–Crippen MR) is 103 cm³/mol. The summed E-state index contributed by atoms with van der Waals surface area (Å²) in [7, 11) is -3.59. The molecule has 0 aliphatic rings. The summed E-state index contributed by atoms with van der Waals surface area (Å²) in [5.41, 5.74) is 1.69. The molecule has 0 bridgehead atoms. The van der Waals surface area contributed by atoms with Crippen LogP contribution in [0.4, 0.5) is 5.69 Å². The Hall–Kier alpha value is -2.97. The highest BCUT2D eigenvalue weighted by Crippen LogP contribution is 2.20. The van der Waals surface area contributed by atoms with Gasteiger partial charge in [0.1, 0.15) is 0 Å². The average Bonchev–Trinajstić information content (AvgIpc) is 3.16. The molecule has 7 nitrogen and oxygen atoms in total. The van der Waals surface area contributed by atoms with Crippen LogP contribution in [0.1, 0.15) is 24.2 Å². The number of carbonyl (C=O) groups excluding carboxylic acids is 1. The minimum absolute atomic E-state index is 0.115. The highest BCUT2D eigenvalue weighted by molar-refractivity contribution is 7.89. The number of anilines is 1. The van der Waals surface area contributed by atoms with Gasteiger partial charge in [-0.05, 0) is 56.3 Å². The first kappa shape index (κ1) is 18.8. The van der Waals surface area contributed by atoms with Crippen molar-refractivity contribution in [2.75, 3.05) is 5.32 Å². The summed E-state index contributed by atoms with van der Waals surface area (Å²) in [5, 5.41) is 7.02. The summed E-state index contributed by atoms with van der Waals surface area (Å²) < 4.78 is 28.5. The molecule has 0 radical (unpaired) electrons. The molecule has 0 unspecified atom stereocenters. The minimum Gasteiger partial charge on any atom is -0.320 e. The van der Waals surface area contributed by atoms with Gasteiger partial charge in [-0.3, -0.25) is 4.79 Å². The van der Waals surface area contributed by atoms with Crippen molar-refractivity contribution in [3.63, 3.8) is 0 Å². The zero-order valence-corrected chi connectivity index (χ0v) is 15.8. The maximum absolute atomic E-state index is 12.6. The van der Waals surface area contributed by atoms with E-state index < -0.39 is 10.0 Å². The highest BCUT2D eigenvalue weighted by Gasteiger charge is 2.16. The first-order chi connectivity index (χ1) is 12.9. The topological polar surface area (TPSA) is 93.1 Å². The zero-order chi connectivity index (χ0) is 19.4. The quantitative estimate of drug-likeness (QED) is 0.683. The number of hydrogen-bond donors (Lipinski definition) is 2. The number of amides is 1. The molecule has 3 rings (SSSR count). The molecule has 2 aromatic carbocycles. The van der Waals surface area contributed by atoms with Crippen molar-refractivity contribution in [1.29, 1.82) is 0 Å². The van der Waals surface area contributed by atoms with Gasteiger partial charge >= 0.3 is 0 Å². The van der Waals surface area contributed by atoms with E-state index in [1.165, 1.54) is 24.3 Å². The Morgan fingerprint density at radius 3 is 2.37 bits per heavy atom. The fourth-order valence-corrected chi connectivity index (χ4v) is 3.80. The van der Waals surface area contributed by atoms with Crippen molar-refractivity contribution >= 4 is 21.6 Å². The van der Waals surface area contributed by atoms with Crippen molar-refractivity contribution in [3.8, 4) is 5.69 Å². The van der Waals surface area contributed by atoms with E-state index in [2.05, 4.69) is 15.1 Å². The summed E-state index contributed by atoms with van der Waals surface area (Å²) >= 11 is 0. The van der Waals surface area contributed by atoms with Crippen molar-refractivity contribution < 1.29 is 13.2 Å². The normalized spacial score (nSPS) is 11.5. The van der Waals surface area contributed by atoms with Gasteiger partial charge in [0.15, 0.2) is 0 Å². The van der Waals surface area contributed by atoms with Gasteiger partial charge in [0.2, 0.25) is 10.0 Å². The van der Waals surface area contributed by atoms with Gasteiger partial charge in [-0.2, -0.15) is 5.10 Å². The highest BCUT2D eigenvalue weighted by atomic mass is 32.2. The second-order valence-electron chi connectivity index (χ2n) is 6.22. The van der Waals surface area contributed by atoms with Crippen LogP contribution in [-0.4, -0.2) is 30.1 Å². The van der Waals surface area contributed by atoms with Gasteiger partial charge in [0.25, 0.3) is 5.91 Å². The number of carbonyl (C=O) groups is 1. The lowest BCUT2D eigenvalue weighted by atomic mass is 10.2.